The third-order valence-electron chi connectivity index (χ3n) is 3.41. The summed E-state index contributed by atoms with van der Waals surface area (Å²) in [7, 11) is 0. The zero-order valence-electron chi connectivity index (χ0n) is 10.0. The Kier molecular flexibility index (Phi) is 2.56. The van der Waals surface area contributed by atoms with Gasteiger partial charge in [0, 0.05) is 25.4 Å². The van der Waals surface area contributed by atoms with E-state index in [1.807, 2.05) is 4.52 Å². The van der Waals surface area contributed by atoms with Crippen LogP contribution in [0, 0.1) is 0 Å². The Morgan fingerprint density at radius 1 is 1.39 bits per heavy atom. The van der Waals surface area contributed by atoms with Gasteiger partial charge < -0.3 is 10.1 Å². The van der Waals surface area contributed by atoms with Crippen molar-refractivity contribution in [2.24, 2.45) is 0 Å². The normalized spacial score (nSPS) is 24.8. The molecule has 2 aromatic heterocycles. The second kappa shape index (κ2) is 4.25. The Hall–Kier alpha value is -1.05. The van der Waals surface area contributed by atoms with Crippen LogP contribution in [0.1, 0.15) is 29.6 Å². The summed E-state index contributed by atoms with van der Waals surface area (Å²) in [5.41, 5.74) is 0. The van der Waals surface area contributed by atoms with E-state index in [0.717, 1.165) is 41.9 Å². The van der Waals surface area contributed by atoms with Crippen molar-refractivity contribution in [1.82, 2.24) is 25.1 Å². The van der Waals surface area contributed by atoms with Crippen LogP contribution in [0.15, 0.2) is 0 Å². The van der Waals surface area contributed by atoms with Gasteiger partial charge in [0.1, 0.15) is 5.01 Å². The van der Waals surface area contributed by atoms with E-state index in [-0.39, 0.29) is 6.10 Å². The van der Waals surface area contributed by atoms with Crippen LogP contribution in [0.5, 0.6) is 0 Å². The summed E-state index contributed by atoms with van der Waals surface area (Å²) in [4.78, 5) is 0.913. The highest BCUT2D eigenvalue weighted by atomic mass is 32.1. The number of hydrogen-bond donors (Lipinski definition) is 1. The molecule has 0 radical (unpaired) electrons. The first-order chi connectivity index (χ1) is 8.90. The maximum Gasteiger partial charge on any atom is 0.234 e. The monoisotopic (exact) mass is 265 g/mol. The van der Waals surface area contributed by atoms with Crippen LogP contribution < -0.4 is 5.32 Å². The van der Waals surface area contributed by atoms with E-state index in [1.54, 1.807) is 11.3 Å². The molecule has 1 unspecified atom stereocenters. The minimum Gasteiger partial charge on any atom is -0.375 e. The van der Waals surface area contributed by atoms with Gasteiger partial charge in [-0.3, -0.25) is 0 Å². The van der Waals surface area contributed by atoms with Crippen molar-refractivity contribution in [1.29, 1.82) is 0 Å². The van der Waals surface area contributed by atoms with E-state index < -0.39 is 0 Å². The highest BCUT2D eigenvalue weighted by Gasteiger charge is 2.30. The average Bonchev–Trinajstić information content (AvgIpc) is 3.03. The van der Waals surface area contributed by atoms with Gasteiger partial charge in [-0.2, -0.15) is 9.61 Å². The van der Waals surface area contributed by atoms with E-state index in [9.17, 15) is 0 Å². The topological polar surface area (TPSA) is 64.3 Å². The molecule has 1 N–H and O–H groups in total. The molecule has 0 amide bonds. The first-order valence-corrected chi connectivity index (χ1v) is 7.25. The summed E-state index contributed by atoms with van der Waals surface area (Å²) in [6, 6.07) is 0. The molecule has 1 aliphatic heterocycles. The van der Waals surface area contributed by atoms with Crippen LogP contribution in [0.2, 0.25) is 0 Å². The summed E-state index contributed by atoms with van der Waals surface area (Å²) in [6.45, 7) is 2.66. The molecule has 6 nitrogen and oxygen atoms in total. The minimum absolute atomic E-state index is 0.243. The van der Waals surface area contributed by atoms with Crippen molar-refractivity contribution >= 4 is 16.3 Å². The van der Waals surface area contributed by atoms with Gasteiger partial charge in [0.15, 0.2) is 5.82 Å². The molecule has 2 aromatic rings. The molecule has 96 valence electrons. The summed E-state index contributed by atoms with van der Waals surface area (Å²) in [5, 5.41) is 17.5. The molecule has 1 saturated heterocycles. The number of fused-ring (bicyclic) bond motifs is 1. The maximum atomic E-state index is 5.70. The summed E-state index contributed by atoms with van der Waals surface area (Å²) in [6.07, 6.45) is 3.56. The Bertz CT molecular complexity index is 555. The van der Waals surface area contributed by atoms with Crippen molar-refractivity contribution in [3.63, 3.8) is 0 Å². The van der Waals surface area contributed by atoms with Crippen molar-refractivity contribution in [3.05, 3.63) is 10.8 Å². The van der Waals surface area contributed by atoms with E-state index in [4.69, 9.17) is 4.74 Å². The molecule has 0 aromatic carbocycles. The molecular formula is C11H15N5OS. The number of rotatable bonds is 3. The van der Waals surface area contributed by atoms with Gasteiger partial charge in [-0.1, -0.05) is 11.3 Å². The van der Waals surface area contributed by atoms with E-state index in [2.05, 4.69) is 20.6 Å². The van der Waals surface area contributed by atoms with Gasteiger partial charge in [0.2, 0.25) is 4.96 Å². The van der Waals surface area contributed by atoms with Crippen LogP contribution in [0.4, 0.5) is 0 Å². The Morgan fingerprint density at radius 3 is 3.11 bits per heavy atom. The van der Waals surface area contributed by atoms with Crippen LogP contribution in [-0.2, 0) is 11.2 Å². The number of ether oxygens (including phenoxy) is 1. The smallest absolute Gasteiger partial charge is 0.234 e. The average molecular weight is 265 g/mol. The summed E-state index contributed by atoms with van der Waals surface area (Å²) >= 11 is 1.63. The van der Waals surface area contributed by atoms with Crippen molar-refractivity contribution in [2.75, 3.05) is 19.7 Å². The first-order valence-electron chi connectivity index (χ1n) is 6.43. The fourth-order valence-electron chi connectivity index (χ4n) is 2.30. The van der Waals surface area contributed by atoms with Gasteiger partial charge >= 0.3 is 0 Å². The zero-order chi connectivity index (χ0) is 11.9. The van der Waals surface area contributed by atoms with Crippen LogP contribution in [-0.4, -0.2) is 45.6 Å². The van der Waals surface area contributed by atoms with E-state index >= 15 is 0 Å². The second-order valence-corrected chi connectivity index (χ2v) is 5.96. The van der Waals surface area contributed by atoms with E-state index in [0.29, 0.717) is 5.92 Å². The van der Waals surface area contributed by atoms with Crippen molar-refractivity contribution in [2.45, 2.75) is 31.3 Å². The Balaban J connectivity index is 1.57. The SMILES string of the molecule is C1COC(Cc2nn3c(C4CC4)nnc3s2)CN1. The number of hydrogen-bond acceptors (Lipinski definition) is 6. The summed E-state index contributed by atoms with van der Waals surface area (Å²) in [5.74, 6) is 1.62. The lowest BCUT2D eigenvalue weighted by atomic mass is 10.2. The van der Waals surface area contributed by atoms with Gasteiger partial charge in [-0.15, -0.1) is 10.2 Å². The molecule has 18 heavy (non-hydrogen) atoms. The molecule has 3 heterocycles. The lowest BCUT2D eigenvalue weighted by molar-refractivity contribution is 0.0291. The number of morpholine rings is 1. The van der Waals surface area contributed by atoms with Crippen LogP contribution >= 0.6 is 11.3 Å². The molecule has 1 saturated carbocycles. The molecule has 7 heteroatoms. The predicted molar refractivity (Wildman–Crippen MR) is 66.9 cm³/mol. The molecule has 1 aliphatic carbocycles. The molecule has 2 fully saturated rings. The fourth-order valence-corrected chi connectivity index (χ4v) is 3.20. The quantitative estimate of drug-likeness (QED) is 0.880. The second-order valence-electron chi connectivity index (χ2n) is 4.92. The van der Waals surface area contributed by atoms with Gasteiger partial charge in [-0.05, 0) is 12.8 Å². The van der Waals surface area contributed by atoms with E-state index in [1.165, 1.54) is 12.8 Å². The van der Waals surface area contributed by atoms with Gasteiger partial charge in [0.05, 0.1) is 12.7 Å². The Morgan fingerprint density at radius 2 is 2.33 bits per heavy atom. The molecule has 0 spiro atoms. The van der Waals surface area contributed by atoms with Gasteiger partial charge in [-0.25, -0.2) is 0 Å². The largest absolute Gasteiger partial charge is 0.375 e. The number of nitrogens with one attached hydrogen (secondary N) is 1. The Labute approximate surface area is 108 Å². The zero-order valence-corrected chi connectivity index (χ0v) is 10.8. The maximum absolute atomic E-state index is 5.70. The fraction of sp³-hybridized carbons (Fsp3) is 0.727. The molecule has 0 bridgehead atoms. The molecule has 4 rings (SSSR count). The predicted octanol–water partition coefficient (Wildman–Crippen LogP) is 0.594. The highest BCUT2D eigenvalue weighted by molar-refractivity contribution is 7.16. The molecule has 1 atom stereocenters. The third kappa shape index (κ3) is 1.92. The van der Waals surface area contributed by atoms with Crippen molar-refractivity contribution in [3.8, 4) is 0 Å². The molecule has 2 aliphatic rings. The standard InChI is InChI=1S/C11H15N5OS/c1-2-7(1)10-13-14-11-16(10)15-9(18-11)5-8-6-12-3-4-17-8/h7-8,12H,1-6H2. The van der Waals surface area contributed by atoms with Crippen LogP contribution in [0.25, 0.3) is 4.96 Å². The lowest BCUT2D eigenvalue weighted by Gasteiger charge is -2.22. The molecular weight excluding hydrogens is 250 g/mol. The lowest BCUT2D eigenvalue weighted by Crippen LogP contribution is -2.39. The van der Waals surface area contributed by atoms with Gasteiger partial charge in [0.25, 0.3) is 0 Å². The highest BCUT2D eigenvalue weighted by Crippen LogP contribution is 2.39. The third-order valence-corrected chi connectivity index (χ3v) is 4.33. The minimum atomic E-state index is 0.243. The summed E-state index contributed by atoms with van der Waals surface area (Å²) < 4.78 is 7.63. The number of nitrogens with zero attached hydrogens (tertiary/aromatic N) is 4. The van der Waals surface area contributed by atoms with Crippen LogP contribution in [0.3, 0.4) is 0 Å². The number of aromatic nitrogens is 4. The van der Waals surface area contributed by atoms with Crippen molar-refractivity contribution < 1.29 is 4.74 Å². The first kappa shape index (κ1) is 10.8.